The highest BCUT2D eigenvalue weighted by Crippen LogP contribution is 2.38. The Hall–Kier alpha value is -1.02. The van der Waals surface area contributed by atoms with E-state index in [9.17, 15) is 0 Å². The molecule has 1 aromatic carbocycles. The standard InChI is InChI=1S/C18H28N2/c1-13-3-8-18(11-14(13)2)20(17-9-10-17)12-15-4-6-16(19)7-5-15/h4-7,13-14,17-18H,3,8-12,19H2,1-2H3. The Kier molecular flexibility index (Phi) is 4.02. The van der Waals surface area contributed by atoms with Crippen molar-refractivity contribution in [3.05, 3.63) is 29.8 Å². The minimum absolute atomic E-state index is 0.797. The molecule has 0 aromatic heterocycles. The average Bonchev–Trinajstić information content (AvgIpc) is 3.26. The van der Waals surface area contributed by atoms with Crippen LogP contribution in [0.15, 0.2) is 24.3 Å². The number of anilines is 1. The van der Waals surface area contributed by atoms with E-state index in [4.69, 9.17) is 5.73 Å². The first-order valence-electron chi connectivity index (χ1n) is 8.23. The number of hydrogen-bond donors (Lipinski definition) is 1. The third kappa shape index (κ3) is 3.17. The van der Waals surface area contributed by atoms with Gasteiger partial charge in [0, 0.05) is 24.3 Å². The smallest absolute Gasteiger partial charge is 0.0314 e. The molecule has 0 spiro atoms. The van der Waals surface area contributed by atoms with Gasteiger partial charge >= 0.3 is 0 Å². The molecule has 0 radical (unpaired) electrons. The Bertz CT molecular complexity index is 435. The van der Waals surface area contributed by atoms with Crippen LogP contribution in [0.25, 0.3) is 0 Å². The molecule has 2 aliphatic carbocycles. The fourth-order valence-electron chi connectivity index (χ4n) is 3.62. The summed E-state index contributed by atoms with van der Waals surface area (Å²) in [6.45, 7) is 5.96. The normalized spacial score (nSPS) is 30.6. The van der Waals surface area contributed by atoms with Gasteiger partial charge in [-0.3, -0.25) is 4.90 Å². The lowest BCUT2D eigenvalue weighted by molar-refractivity contribution is 0.0956. The molecule has 110 valence electrons. The maximum absolute atomic E-state index is 5.79. The number of rotatable bonds is 4. The van der Waals surface area contributed by atoms with Crippen LogP contribution >= 0.6 is 0 Å². The van der Waals surface area contributed by atoms with E-state index in [-0.39, 0.29) is 0 Å². The zero-order valence-corrected chi connectivity index (χ0v) is 12.9. The minimum Gasteiger partial charge on any atom is -0.399 e. The number of hydrogen-bond acceptors (Lipinski definition) is 2. The van der Waals surface area contributed by atoms with Gasteiger partial charge < -0.3 is 5.73 Å². The summed E-state index contributed by atoms with van der Waals surface area (Å²) in [4.78, 5) is 2.79. The van der Waals surface area contributed by atoms with E-state index in [1.165, 1.54) is 37.7 Å². The number of nitrogens with zero attached hydrogens (tertiary/aromatic N) is 1. The van der Waals surface area contributed by atoms with Gasteiger partial charge in [0.1, 0.15) is 0 Å². The van der Waals surface area contributed by atoms with Crippen LogP contribution in [0, 0.1) is 11.8 Å². The van der Waals surface area contributed by atoms with Crippen LogP contribution in [0.2, 0.25) is 0 Å². The fourth-order valence-corrected chi connectivity index (χ4v) is 3.62. The summed E-state index contributed by atoms with van der Waals surface area (Å²) >= 11 is 0. The molecule has 2 aliphatic rings. The van der Waals surface area contributed by atoms with Crippen LogP contribution in [-0.2, 0) is 6.54 Å². The van der Waals surface area contributed by atoms with Crippen LogP contribution in [0.5, 0.6) is 0 Å². The van der Waals surface area contributed by atoms with Crippen molar-refractivity contribution in [1.82, 2.24) is 4.90 Å². The van der Waals surface area contributed by atoms with Gasteiger partial charge in [0.25, 0.3) is 0 Å². The number of nitrogens with two attached hydrogens (primary N) is 1. The Morgan fingerprint density at radius 2 is 1.60 bits per heavy atom. The van der Waals surface area contributed by atoms with E-state index in [1.54, 1.807) is 0 Å². The van der Waals surface area contributed by atoms with Crippen molar-refractivity contribution in [3.63, 3.8) is 0 Å². The SMILES string of the molecule is CC1CCC(N(Cc2ccc(N)cc2)C2CC2)CC1C. The summed E-state index contributed by atoms with van der Waals surface area (Å²) in [5.41, 5.74) is 8.07. The third-order valence-corrected chi connectivity index (χ3v) is 5.40. The Balaban J connectivity index is 1.68. The zero-order valence-electron chi connectivity index (χ0n) is 12.9. The van der Waals surface area contributed by atoms with E-state index in [2.05, 4.69) is 30.9 Å². The molecule has 0 aliphatic heterocycles. The van der Waals surface area contributed by atoms with Gasteiger partial charge in [0.2, 0.25) is 0 Å². The molecule has 1 aromatic rings. The molecule has 0 amide bonds. The highest BCUT2D eigenvalue weighted by atomic mass is 15.2. The Labute approximate surface area is 123 Å². The predicted molar refractivity (Wildman–Crippen MR) is 85.4 cm³/mol. The molecule has 2 fully saturated rings. The largest absolute Gasteiger partial charge is 0.399 e. The van der Waals surface area contributed by atoms with Crippen LogP contribution in [0.4, 0.5) is 5.69 Å². The van der Waals surface area contributed by atoms with E-state index in [1.807, 2.05) is 12.1 Å². The van der Waals surface area contributed by atoms with Crippen LogP contribution in [0.1, 0.15) is 51.5 Å². The van der Waals surface area contributed by atoms with Crippen molar-refractivity contribution in [2.24, 2.45) is 11.8 Å². The van der Waals surface area contributed by atoms with Crippen LogP contribution < -0.4 is 5.73 Å². The molecule has 3 rings (SSSR count). The second kappa shape index (κ2) is 5.77. The van der Waals surface area contributed by atoms with Gasteiger partial charge in [0.15, 0.2) is 0 Å². The lowest BCUT2D eigenvalue weighted by Crippen LogP contribution is -2.41. The van der Waals surface area contributed by atoms with Crippen molar-refractivity contribution in [2.45, 2.75) is 64.6 Å². The third-order valence-electron chi connectivity index (χ3n) is 5.40. The van der Waals surface area contributed by atoms with Gasteiger partial charge in [-0.1, -0.05) is 26.0 Å². The van der Waals surface area contributed by atoms with Crippen molar-refractivity contribution >= 4 is 5.69 Å². The van der Waals surface area contributed by atoms with Crippen LogP contribution in [0.3, 0.4) is 0 Å². The topological polar surface area (TPSA) is 29.3 Å². The molecule has 0 bridgehead atoms. The molecule has 2 nitrogen and oxygen atoms in total. The molecular weight excluding hydrogens is 244 g/mol. The van der Waals surface area contributed by atoms with Gasteiger partial charge in [-0.05, 0) is 61.6 Å². The highest BCUT2D eigenvalue weighted by molar-refractivity contribution is 5.39. The number of benzene rings is 1. The Morgan fingerprint density at radius 3 is 2.20 bits per heavy atom. The molecule has 2 N–H and O–H groups in total. The first-order chi connectivity index (χ1) is 9.63. The number of nitrogen functional groups attached to an aromatic ring is 1. The molecule has 3 atom stereocenters. The molecule has 0 saturated heterocycles. The summed E-state index contributed by atoms with van der Waals surface area (Å²) < 4.78 is 0. The molecule has 0 heterocycles. The van der Waals surface area contributed by atoms with Crippen LogP contribution in [-0.4, -0.2) is 17.0 Å². The van der Waals surface area contributed by atoms with Crippen molar-refractivity contribution in [3.8, 4) is 0 Å². The highest BCUT2D eigenvalue weighted by Gasteiger charge is 2.36. The second-order valence-electron chi connectivity index (χ2n) is 7.07. The quantitative estimate of drug-likeness (QED) is 0.838. The van der Waals surface area contributed by atoms with Crippen molar-refractivity contribution in [2.75, 3.05) is 5.73 Å². The second-order valence-corrected chi connectivity index (χ2v) is 7.07. The molecule has 20 heavy (non-hydrogen) atoms. The predicted octanol–water partition coefficient (Wildman–Crippen LogP) is 4.06. The van der Waals surface area contributed by atoms with Crippen molar-refractivity contribution < 1.29 is 0 Å². The summed E-state index contributed by atoms with van der Waals surface area (Å²) in [7, 11) is 0. The first kappa shape index (κ1) is 13.9. The summed E-state index contributed by atoms with van der Waals surface area (Å²) in [5, 5.41) is 0. The summed E-state index contributed by atoms with van der Waals surface area (Å²) in [6.07, 6.45) is 6.96. The molecular formula is C18H28N2. The van der Waals surface area contributed by atoms with E-state index < -0.39 is 0 Å². The lowest BCUT2D eigenvalue weighted by Gasteiger charge is -2.39. The maximum Gasteiger partial charge on any atom is 0.0314 e. The average molecular weight is 272 g/mol. The zero-order chi connectivity index (χ0) is 14.1. The van der Waals surface area contributed by atoms with Gasteiger partial charge in [-0.2, -0.15) is 0 Å². The first-order valence-corrected chi connectivity index (χ1v) is 8.23. The Morgan fingerprint density at radius 1 is 0.950 bits per heavy atom. The van der Waals surface area contributed by atoms with E-state index in [0.29, 0.717) is 0 Å². The molecule has 2 saturated carbocycles. The van der Waals surface area contributed by atoms with E-state index >= 15 is 0 Å². The summed E-state index contributed by atoms with van der Waals surface area (Å²) in [6, 6.07) is 10.1. The maximum atomic E-state index is 5.79. The van der Waals surface area contributed by atoms with Crippen molar-refractivity contribution in [1.29, 1.82) is 0 Å². The van der Waals surface area contributed by atoms with E-state index in [0.717, 1.165) is 36.2 Å². The summed E-state index contributed by atoms with van der Waals surface area (Å²) in [5.74, 6) is 1.78. The van der Waals surface area contributed by atoms with Gasteiger partial charge in [-0.15, -0.1) is 0 Å². The van der Waals surface area contributed by atoms with Gasteiger partial charge in [0.05, 0.1) is 0 Å². The molecule has 2 heteroatoms. The van der Waals surface area contributed by atoms with Gasteiger partial charge in [-0.25, -0.2) is 0 Å². The minimum atomic E-state index is 0.797. The molecule has 3 unspecified atom stereocenters. The fraction of sp³-hybridized carbons (Fsp3) is 0.667. The monoisotopic (exact) mass is 272 g/mol. The lowest BCUT2D eigenvalue weighted by atomic mass is 9.78.